The number of alkyl halides is 1. The van der Waals surface area contributed by atoms with Gasteiger partial charge >= 0.3 is 6.01 Å². The van der Waals surface area contributed by atoms with Crippen molar-refractivity contribution in [2.45, 2.75) is 11.8 Å². The van der Waals surface area contributed by atoms with Gasteiger partial charge in [-0.05, 0) is 6.42 Å². The summed E-state index contributed by atoms with van der Waals surface area (Å²) >= 11 is 12.0. The molecule has 6 heteroatoms. The van der Waals surface area contributed by atoms with Gasteiger partial charge in [0.1, 0.15) is 5.02 Å². The standard InChI is InChI=1S/C9H11Cl2N3O/c1-15-9-12-4-7(11)8(13-9)14-3-2-6(10)5-14/h4,6H,2-3,5H2,1H3. The Kier molecular flexibility index (Phi) is 3.17. The number of methoxy groups -OCH3 is 1. The van der Waals surface area contributed by atoms with Crippen molar-refractivity contribution in [1.82, 2.24) is 9.97 Å². The maximum atomic E-state index is 6.02. The molecule has 2 heterocycles. The molecule has 1 aromatic rings. The van der Waals surface area contributed by atoms with E-state index in [4.69, 9.17) is 27.9 Å². The van der Waals surface area contributed by atoms with Crippen molar-refractivity contribution in [1.29, 1.82) is 0 Å². The molecular weight excluding hydrogens is 237 g/mol. The summed E-state index contributed by atoms with van der Waals surface area (Å²) in [6, 6.07) is 0.326. The normalized spacial score (nSPS) is 20.7. The lowest BCUT2D eigenvalue weighted by atomic mass is 10.4. The minimum atomic E-state index is 0.169. The highest BCUT2D eigenvalue weighted by molar-refractivity contribution is 6.32. The van der Waals surface area contributed by atoms with Crippen molar-refractivity contribution in [3.63, 3.8) is 0 Å². The molecule has 1 atom stereocenters. The van der Waals surface area contributed by atoms with Crippen LogP contribution in [0.4, 0.5) is 5.82 Å². The fourth-order valence-electron chi connectivity index (χ4n) is 1.57. The van der Waals surface area contributed by atoms with E-state index in [9.17, 15) is 0 Å². The Morgan fingerprint density at radius 1 is 1.60 bits per heavy atom. The first-order valence-corrected chi connectivity index (χ1v) is 5.47. The van der Waals surface area contributed by atoms with Crippen LogP contribution in [0.2, 0.25) is 5.02 Å². The van der Waals surface area contributed by atoms with Gasteiger partial charge in [0.15, 0.2) is 5.82 Å². The van der Waals surface area contributed by atoms with Gasteiger partial charge < -0.3 is 9.64 Å². The molecule has 2 rings (SSSR count). The lowest BCUT2D eigenvalue weighted by Gasteiger charge is -2.17. The Labute approximate surface area is 98.2 Å². The van der Waals surface area contributed by atoms with Gasteiger partial charge in [0.2, 0.25) is 0 Å². The Hall–Kier alpha value is -0.740. The van der Waals surface area contributed by atoms with Gasteiger partial charge in [-0.25, -0.2) is 4.98 Å². The van der Waals surface area contributed by atoms with E-state index in [1.807, 2.05) is 4.90 Å². The van der Waals surface area contributed by atoms with Gasteiger partial charge in [-0.3, -0.25) is 0 Å². The molecule has 4 nitrogen and oxygen atoms in total. The average Bonchev–Trinajstić information content (AvgIpc) is 2.65. The summed E-state index contributed by atoms with van der Waals surface area (Å²) in [5.41, 5.74) is 0. The summed E-state index contributed by atoms with van der Waals surface area (Å²) in [6.07, 6.45) is 2.49. The van der Waals surface area contributed by atoms with E-state index in [-0.39, 0.29) is 5.38 Å². The quantitative estimate of drug-likeness (QED) is 0.750. The topological polar surface area (TPSA) is 38.2 Å². The van der Waals surface area contributed by atoms with E-state index in [0.717, 1.165) is 19.5 Å². The zero-order valence-electron chi connectivity index (χ0n) is 8.28. The van der Waals surface area contributed by atoms with Crippen molar-refractivity contribution in [2.24, 2.45) is 0 Å². The molecule has 15 heavy (non-hydrogen) atoms. The van der Waals surface area contributed by atoms with Crippen LogP contribution in [0.25, 0.3) is 0 Å². The van der Waals surface area contributed by atoms with E-state index in [1.165, 1.54) is 7.11 Å². The van der Waals surface area contributed by atoms with Gasteiger partial charge in [0.25, 0.3) is 0 Å². The van der Waals surface area contributed by atoms with Crippen molar-refractivity contribution in [3.05, 3.63) is 11.2 Å². The zero-order valence-corrected chi connectivity index (χ0v) is 9.79. The largest absolute Gasteiger partial charge is 0.467 e. The molecule has 1 saturated heterocycles. The molecular formula is C9H11Cl2N3O. The van der Waals surface area contributed by atoms with Crippen LogP contribution in [0.5, 0.6) is 6.01 Å². The minimum absolute atomic E-state index is 0.169. The van der Waals surface area contributed by atoms with Crippen LogP contribution in [0, 0.1) is 0 Å². The molecule has 1 aliphatic heterocycles. The number of rotatable bonds is 2. The Balaban J connectivity index is 2.26. The fraction of sp³-hybridized carbons (Fsp3) is 0.556. The molecule has 1 fully saturated rings. The highest BCUT2D eigenvalue weighted by Gasteiger charge is 2.23. The Bertz CT molecular complexity index is 361. The summed E-state index contributed by atoms with van der Waals surface area (Å²) in [5, 5.41) is 0.698. The molecule has 0 spiro atoms. The minimum Gasteiger partial charge on any atom is -0.467 e. The number of halogens is 2. The molecule has 0 amide bonds. The van der Waals surface area contributed by atoms with Crippen LogP contribution in [-0.4, -0.2) is 35.5 Å². The first-order valence-electron chi connectivity index (χ1n) is 4.66. The van der Waals surface area contributed by atoms with Crippen LogP contribution in [-0.2, 0) is 0 Å². The van der Waals surface area contributed by atoms with E-state index < -0.39 is 0 Å². The van der Waals surface area contributed by atoms with Crippen LogP contribution < -0.4 is 9.64 Å². The Morgan fingerprint density at radius 2 is 2.40 bits per heavy atom. The van der Waals surface area contributed by atoms with Crippen LogP contribution >= 0.6 is 23.2 Å². The number of nitrogens with zero attached hydrogens (tertiary/aromatic N) is 3. The Morgan fingerprint density at radius 3 is 3.00 bits per heavy atom. The summed E-state index contributed by atoms with van der Waals surface area (Å²) in [4.78, 5) is 10.2. The molecule has 82 valence electrons. The summed E-state index contributed by atoms with van der Waals surface area (Å²) in [5.74, 6) is 0.701. The SMILES string of the molecule is COc1ncc(Cl)c(N2CCC(Cl)C2)n1. The third kappa shape index (κ3) is 2.26. The van der Waals surface area contributed by atoms with Gasteiger partial charge in [0.05, 0.1) is 18.7 Å². The summed E-state index contributed by atoms with van der Waals surface area (Å²) in [6.45, 7) is 1.63. The summed E-state index contributed by atoms with van der Waals surface area (Å²) in [7, 11) is 1.53. The lowest BCUT2D eigenvalue weighted by Crippen LogP contribution is -2.21. The molecule has 0 bridgehead atoms. The molecule has 1 aromatic heterocycles. The predicted octanol–water partition coefficient (Wildman–Crippen LogP) is 1.96. The van der Waals surface area contributed by atoms with Gasteiger partial charge in [-0.15, -0.1) is 11.6 Å². The molecule has 0 radical (unpaired) electrons. The highest BCUT2D eigenvalue weighted by Crippen LogP contribution is 2.28. The second-order valence-corrected chi connectivity index (χ2v) is 4.38. The first-order chi connectivity index (χ1) is 7.20. The predicted molar refractivity (Wildman–Crippen MR) is 60.1 cm³/mol. The maximum absolute atomic E-state index is 6.02. The second-order valence-electron chi connectivity index (χ2n) is 3.36. The van der Waals surface area contributed by atoms with E-state index in [0.29, 0.717) is 16.9 Å². The number of hydrogen-bond acceptors (Lipinski definition) is 4. The molecule has 0 aliphatic carbocycles. The third-order valence-electron chi connectivity index (χ3n) is 2.32. The maximum Gasteiger partial charge on any atom is 0.318 e. The lowest BCUT2D eigenvalue weighted by molar-refractivity contribution is 0.380. The van der Waals surface area contributed by atoms with Gasteiger partial charge in [-0.2, -0.15) is 4.98 Å². The first kappa shape index (κ1) is 10.8. The molecule has 0 N–H and O–H groups in total. The molecule has 1 unspecified atom stereocenters. The van der Waals surface area contributed by atoms with Crippen molar-refractivity contribution >= 4 is 29.0 Å². The molecule has 1 aliphatic rings. The zero-order chi connectivity index (χ0) is 10.8. The third-order valence-corrected chi connectivity index (χ3v) is 2.94. The highest BCUT2D eigenvalue weighted by atomic mass is 35.5. The smallest absolute Gasteiger partial charge is 0.318 e. The van der Waals surface area contributed by atoms with Crippen molar-refractivity contribution in [3.8, 4) is 6.01 Å². The van der Waals surface area contributed by atoms with E-state index >= 15 is 0 Å². The number of anilines is 1. The summed E-state index contributed by atoms with van der Waals surface area (Å²) < 4.78 is 4.96. The number of hydrogen-bond donors (Lipinski definition) is 0. The van der Waals surface area contributed by atoms with Crippen molar-refractivity contribution < 1.29 is 4.74 Å². The van der Waals surface area contributed by atoms with Crippen molar-refractivity contribution in [2.75, 3.05) is 25.1 Å². The monoisotopic (exact) mass is 247 g/mol. The second kappa shape index (κ2) is 4.41. The average molecular weight is 248 g/mol. The van der Waals surface area contributed by atoms with Gasteiger partial charge in [0, 0.05) is 13.1 Å². The van der Waals surface area contributed by atoms with Crippen LogP contribution in [0.15, 0.2) is 6.20 Å². The molecule has 0 saturated carbocycles. The molecule has 0 aromatic carbocycles. The van der Waals surface area contributed by atoms with Crippen LogP contribution in [0.3, 0.4) is 0 Å². The number of ether oxygens (including phenoxy) is 1. The number of aromatic nitrogens is 2. The van der Waals surface area contributed by atoms with E-state index in [2.05, 4.69) is 9.97 Å². The van der Waals surface area contributed by atoms with Crippen LogP contribution in [0.1, 0.15) is 6.42 Å². The van der Waals surface area contributed by atoms with E-state index in [1.54, 1.807) is 6.20 Å². The fourth-order valence-corrected chi connectivity index (χ4v) is 2.05. The van der Waals surface area contributed by atoms with Gasteiger partial charge in [-0.1, -0.05) is 11.6 Å².